The standard InChI is InChI=1S/C7H13NO2/c1-7(2)9-5-3-8-4-6(5)10-7/h5-6,8H,3-4H2,1-2H3. The van der Waals surface area contributed by atoms with Gasteiger partial charge in [-0.25, -0.2) is 0 Å². The summed E-state index contributed by atoms with van der Waals surface area (Å²) in [5, 5.41) is 3.21. The summed E-state index contributed by atoms with van der Waals surface area (Å²) in [5.74, 6) is -0.350. The molecule has 10 heavy (non-hydrogen) atoms. The second-order valence-corrected chi connectivity index (χ2v) is 3.37. The molecule has 0 amide bonds. The lowest BCUT2D eigenvalue weighted by Gasteiger charge is -2.17. The van der Waals surface area contributed by atoms with Gasteiger partial charge in [0.1, 0.15) is 12.2 Å². The lowest BCUT2D eigenvalue weighted by Crippen LogP contribution is -2.26. The van der Waals surface area contributed by atoms with Gasteiger partial charge in [-0.05, 0) is 13.8 Å². The van der Waals surface area contributed by atoms with Gasteiger partial charge in [0.2, 0.25) is 0 Å². The van der Waals surface area contributed by atoms with Crippen molar-refractivity contribution in [3.63, 3.8) is 0 Å². The van der Waals surface area contributed by atoms with Crippen molar-refractivity contribution in [2.75, 3.05) is 13.1 Å². The molecular formula is C7H13NO2. The summed E-state index contributed by atoms with van der Waals surface area (Å²) in [6, 6.07) is 0. The Bertz CT molecular complexity index is 133. The van der Waals surface area contributed by atoms with Gasteiger partial charge in [0.05, 0.1) is 0 Å². The van der Waals surface area contributed by atoms with Crippen molar-refractivity contribution in [1.82, 2.24) is 5.32 Å². The highest BCUT2D eigenvalue weighted by molar-refractivity contribution is 4.89. The highest BCUT2D eigenvalue weighted by Gasteiger charge is 2.43. The van der Waals surface area contributed by atoms with Crippen LogP contribution in [0.25, 0.3) is 0 Å². The summed E-state index contributed by atoms with van der Waals surface area (Å²) in [4.78, 5) is 0. The Hall–Kier alpha value is -0.120. The summed E-state index contributed by atoms with van der Waals surface area (Å²) in [6.45, 7) is 5.80. The van der Waals surface area contributed by atoms with Crippen LogP contribution in [0.5, 0.6) is 0 Å². The molecule has 0 spiro atoms. The average Bonchev–Trinajstić information content (AvgIpc) is 2.20. The minimum Gasteiger partial charge on any atom is -0.343 e. The average molecular weight is 143 g/mol. The number of hydrogen-bond acceptors (Lipinski definition) is 3. The first-order valence-electron chi connectivity index (χ1n) is 3.74. The zero-order chi connectivity index (χ0) is 7.19. The van der Waals surface area contributed by atoms with Crippen molar-refractivity contribution in [3.05, 3.63) is 0 Å². The van der Waals surface area contributed by atoms with Gasteiger partial charge >= 0.3 is 0 Å². The van der Waals surface area contributed by atoms with Gasteiger partial charge in [0.25, 0.3) is 0 Å². The molecule has 0 saturated carbocycles. The first kappa shape index (κ1) is 6.58. The van der Waals surface area contributed by atoms with Crippen molar-refractivity contribution in [2.45, 2.75) is 31.8 Å². The number of ether oxygens (including phenoxy) is 2. The summed E-state index contributed by atoms with van der Waals surface area (Å²) < 4.78 is 11.2. The minimum atomic E-state index is -0.350. The molecule has 2 saturated heterocycles. The van der Waals surface area contributed by atoms with Crippen molar-refractivity contribution in [1.29, 1.82) is 0 Å². The van der Waals surface area contributed by atoms with Gasteiger partial charge in [-0.1, -0.05) is 0 Å². The van der Waals surface area contributed by atoms with E-state index < -0.39 is 0 Å². The third-order valence-corrected chi connectivity index (χ3v) is 1.98. The van der Waals surface area contributed by atoms with E-state index in [2.05, 4.69) is 5.32 Å². The molecule has 0 aromatic carbocycles. The summed E-state index contributed by atoms with van der Waals surface area (Å²) in [6.07, 6.45) is 0.574. The van der Waals surface area contributed by atoms with E-state index in [4.69, 9.17) is 9.47 Å². The Morgan fingerprint density at radius 3 is 2.20 bits per heavy atom. The summed E-state index contributed by atoms with van der Waals surface area (Å²) in [5.41, 5.74) is 0. The molecular weight excluding hydrogens is 130 g/mol. The van der Waals surface area contributed by atoms with E-state index in [9.17, 15) is 0 Å². The fraction of sp³-hybridized carbons (Fsp3) is 1.00. The van der Waals surface area contributed by atoms with E-state index in [1.54, 1.807) is 0 Å². The minimum absolute atomic E-state index is 0.287. The third-order valence-electron chi connectivity index (χ3n) is 1.98. The van der Waals surface area contributed by atoms with Gasteiger partial charge in [0.15, 0.2) is 5.79 Å². The molecule has 1 N–H and O–H groups in total. The number of fused-ring (bicyclic) bond motifs is 1. The van der Waals surface area contributed by atoms with Crippen molar-refractivity contribution >= 4 is 0 Å². The first-order chi connectivity index (χ1) is 4.67. The van der Waals surface area contributed by atoms with Gasteiger partial charge in [-0.3, -0.25) is 0 Å². The molecule has 2 aliphatic rings. The highest BCUT2D eigenvalue weighted by atomic mass is 16.8. The zero-order valence-electron chi connectivity index (χ0n) is 6.39. The van der Waals surface area contributed by atoms with Gasteiger partial charge < -0.3 is 14.8 Å². The highest BCUT2D eigenvalue weighted by Crippen LogP contribution is 2.29. The molecule has 2 unspecified atom stereocenters. The Morgan fingerprint density at radius 1 is 1.20 bits per heavy atom. The lowest BCUT2D eigenvalue weighted by molar-refractivity contribution is -0.149. The molecule has 0 aliphatic carbocycles. The Labute approximate surface area is 60.7 Å². The molecule has 58 valence electrons. The maximum atomic E-state index is 5.59. The van der Waals surface area contributed by atoms with Crippen LogP contribution in [0.4, 0.5) is 0 Å². The van der Waals surface area contributed by atoms with Crippen LogP contribution in [0.1, 0.15) is 13.8 Å². The maximum Gasteiger partial charge on any atom is 0.163 e. The first-order valence-corrected chi connectivity index (χ1v) is 3.74. The van der Waals surface area contributed by atoms with Crippen LogP contribution in [0.15, 0.2) is 0 Å². The van der Waals surface area contributed by atoms with Crippen molar-refractivity contribution < 1.29 is 9.47 Å². The second kappa shape index (κ2) is 1.94. The Kier molecular flexibility index (Phi) is 1.27. The topological polar surface area (TPSA) is 30.5 Å². The molecule has 2 atom stereocenters. The van der Waals surface area contributed by atoms with E-state index in [1.165, 1.54) is 0 Å². The lowest BCUT2D eigenvalue weighted by atomic mass is 10.3. The van der Waals surface area contributed by atoms with Crippen LogP contribution < -0.4 is 5.32 Å². The van der Waals surface area contributed by atoms with Crippen molar-refractivity contribution in [2.24, 2.45) is 0 Å². The molecule has 2 rings (SSSR count). The van der Waals surface area contributed by atoms with Crippen LogP contribution in [0, 0.1) is 0 Å². The molecule has 0 aromatic rings. The molecule has 0 radical (unpaired) electrons. The second-order valence-electron chi connectivity index (χ2n) is 3.37. The maximum absolute atomic E-state index is 5.59. The van der Waals surface area contributed by atoms with Crippen LogP contribution in [0.2, 0.25) is 0 Å². The van der Waals surface area contributed by atoms with Crippen molar-refractivity contribution in [3.8, 4) is 0 Å². The van der Waals surface area contributed by atoms with Crippen LogP contribution in [-0.4, -0.2) is 31.1 Å². The predicted octanol–water partition coefficient (Wildman–Crippen LogP) is 0.110. The van der Waals surface area contributed by atoms with Crippen LogP contribution in [-0.2, 0) is 9.47 Å². The quantitative estimate of drug-likeness (QED) is 0.522. The number of hydrogen-bond donors (Lipinski definition) is 1. The fourth-order valence-electron chi connectivity index (χ4n) is 1.62. The van der Waals surface area contributed by atoms with E-state index in [0.29, 0.717) is 0 Å². The van der Waals surface area contributed by atoms with Crippen LogP contribution in [0.3, 0.4) is 0 Å². The predicted molar refractivity (Wildman–Crippen MR) is 36.7 cm³/mol. The number of rotatable bonds is 0. The SMILES string of the molecule is CC1(C)OC2CNCC2O1. The van der Waals surface area contributed by atoms with E-state index in [-0.39, 0.29) is 18.0 Å². The summed E-state index contributed by atoms with van der Waals surface area (Å²) >= 11 is 0. The molecule has 2 fully saturated rings. The largest absolute Gasteiger partial charge is 0.343 e. The Morgan fingerprint density at radius 2 is 1.70 bits per heavy atom. The molecule has 3 heteroatoms. The summed E-state index contributed by atoms with van der Waals surface area (Å²) in [7, 11) is 0. The fourth-order valence-corrected chi connectivity index (χ4v) is 1.62. The van der Waals surface area contributed by atoms with Gasteiger partial charge in [0, 0.05) is 13.1 Å². The zero-order valence-corrected chi connectivity index (χ0v) is 6.39. The van der Waals surface area contributed by atoms with Crippen LogP contribution >= 0.6 is 0 Å². The monoisotopic (exact) mass is 143 g/mol. The third kappa shape index (κ3) is 0.944. The Balaban J connectivity index is 2.07. The normalized spacial score (nSPS) is 43.8. The number of nitrogens with one attached hydrogen (secondary N) is 1. The molecule has 2 heterocycles. The van der Waals surface area contributed by atoms with Gasteiger partial charge in [-0.2, -0.15) is 0 Å². The van der Waals surface area contributed by atoms with Gasteiger partial charge in [-0.15, -0.1) is 0 Å². The smallest absolute Gasteiger partial charge is 0.163 e. The molecule has 3 nitrogen and oxygen atoms in total. The van der Waals surface area contributed by atoms with E-state index in [0.717, 1.165) is 13.1 Å². The molecule has 0 bridgehead atoms. The molecule has 2 aliphatic heterocycles. The van der Waals surface area contributed by atoms with E-state index in [1.807, 2.05) is 13.8 Å². The molecule has 0 aromatic heterocycles. The van der Waals surface area contributed by atoms with E-state index >= 15 is 0 Å².